The fourth-order valence-electron chi connectivity index (χ4n) is 2.82. The molecule has 2 heterocycles. The molecule has 2 aromatic carbocycles. The Morgan fingerprint density at radius 1 is 1.00 bits per heavy atom. The molecule has 6 heteroatoms. The van der Waals surface area contributed by atoms with Crippen molar-refractivity contribution in [1.29, 1.82) is 0 Å². The Labute approximate surface area is 150 Å². The molecule has 4 aromatic rings. The summed E-state index contributed by atoms with van der Waals surface area (Å²) in [5.41, 5.74) is 2.95. The summed E-state index contributed by atoms with van der Waals surface area (Å²) < 4.78 is 16.7. The van der Waals surface area contributed by atoms with Gasteiger partial charge in [-0.2, -0.15) is 9.97 Å². The summed E-state index contributed by atoms with van der Waals surface area (Å²) in [7, 11) is 1.62. The van der Waals surface area contributed by atoms with E-state index in [4.69, 9.17) is 14.2 Å². The first kappa shape index (κ1) is 16.4. The third-order valence-corrected chi connectivity index (χ3v) is 4.01. The van der Waals surface area contributed by atoms with Crippen molar-refractivity contribution in [2.45, 2.75) is 6.92 Å². The van der Waals surface area contributed by atoms with Gasteiger partial charge in [-0.05, 0) is 43.3 Å². The number of benzene rings is 2. The Kier molecular flexibility index (Phi) is 4.41. The van der Waals surface area contributed by atoms with Crippen LogP contribution in [0, 0.1) is 6.92 Å². The van der Waals surface area contributed by atoms with Crippen LogP contribution in [-0.2, 0) is 4.74 Å². The maximum absolute atomic E-state index is 6.08. The fourth-order valence-corrected chi connectivity index (χ4v) is 2.82. The van der Waals surface area contributed by atoms with Gasteiger partial charge >= 0.3 is 6.01 Å². The maximum atomic E-state index is 6.08. The molecule has 0 amide bonds. The molecule has 0 aliphatic carbocycles. The molecule has 2 aromatic heterocycles. The van der Waals surface area contributed by atoms with Crippen LogP contribution in [-0.4, -0.2) is 35.3 Å². The van der Waals surface area contributed by atoms with E-state index < -0.39 is 0 Å². The van der Waals surface area contributed by atoms with E-state index in [0.717, 1.165) is 27.5 Å². The second-order valence-electron chi connectivity index (χ2n) is 5.97. The number of para-hydroxylation sites is 1. The summed E-state index contributed by atoms with van der Waals surface area (Å²) in [4.78, 5) is 12.2. The van der Waals surface area contributed by atoms with Crippen LogP contribution in [0.2, 0.25) is 0 Å². The normalized spacial score (nSPS) is 11.2. The largest absolute Gasteiger partial charge is 0.461 e. The number of nitrogens with zero attached hydrogens (tertiary/aromatic N) is 2. The molecule has 1 N–H and O–H groups in total. The molecule has 0 saturated carbocycles. The van der Waals surface area contributed by atoms with Gasteiger partial charge in [0, 0.05) is 23.7 Å². The zero-order valence-electron chi connectivity index (χ0n) is 14.7. The van der Waals surface area contributed by atoms with Crippen LogP contribution in [0.5, 0.6) is 17.6 Å². The average Bonchev–Trinajstić information content (AvgIpc) is 3.01. The van der Waals surface area contributed by atoms with Crippen LogP contribution in [0.15, 0.2) is 48.5 Å². The van der Waals surface area contributed by atoms with Gasteiger partial charge in [0.2, 0.25) is 5.88 Å². The van der Waals surface area contributed by atoms with E-state index in [9.17, 15) is 0 Å². The molecule has 0 spiro atoms. The van der Waals surface area contributed by atoms with E-state index in [2.05, 4.69) is 21.0 Å². The number of aromatic nitrogens is 3. The summed E-state index contributed by atoms with van der Waals surface area (Å²) in [6.45, 7) is 2.88. The van der Waals surface area contributed by atoms with Crippen LogP contribution in [0.4, 0.5) is 0 Å². The van der Waals surface area contributed by atoms with Gasteiger partial charge in [-0.15, -0.1) is 0 Å². The van der Waals surface area contributed by atoms with Gasteiger partial charge in [-0.3, -0.25) is 0 Å². The van der Waals surface area contributed by atoms with Gasteiger partial charge in [-0.25, -0.2) is 0 Å². The van der Waals surface area contributed by atoms with E-state index in [1.807, 2.05) is 49.4 Å². The predicted octanol–water partition coefficient (Wildman–Crippen LogP) is 4.24. The molecular formula is C20H19N3O3. The van der Waals surface area contributed by atoms with Gasteiger partial charge < -0.3 is 19.2 Å². The number of rotatable bonds is 6. The summed E-state index contributed by atoms with van der Waals surface area (Å²) in [6, 6.07) is 16.0. The lowest BCUT2D eigenvalue weighted by Gasteiger charge is -2.10. The molecule has 4 rings (SSSR count). The quantitative estimate of drug-likeness (QED) is 0.527. The van der Waals surface area contributed by atoms with Crippen molar-refractivity contribution in [3.63, 3.8) is 0 Å². The lowest BCUT2D eigenvalue weighted by molar-refractivity contribution is 0.140. The highest BCUT2D eigenvalue weighted by Gasteiger charge is 2.11. The zero-order chi connectivity index (χ0) is 17.9. The summed E-state index contributed by atoms with van der Waals surface area (Å²) in [6.07, 6.45) is 0. The first-order valence-corrected chi connectivity index (χ1v) is 8.39. The van der Waals surface area contributed by atoms with Crippen molar-refractivity contribution < 1.29 is 14.2 Å². The van der Waals surface area contributed by atoms with Crippen LogP contribution in [0.1, 0.15) is 5.69 Å². The number of nitrogens with one attached hydrogen (secondary N) is 1. The molecule has 0 radical (unpaired) electrons. The van der Waals surface area contributed by atoms with E-state index in [1.165, 1.54) is 0 Å². The van der Waals surface area contributed by atoms with Crippen LogP contribution in [0.25, 0.3) is 21.8 Å². The minimum Gasteiger partial charge on any atom is -0.461 e. The van der Waals surface area contributed by atoms with Crippen LogP contribution in [0.3, 0.4) is 0 Å². The molecule has 0 saturated heterocycles. The van der Waals surface area contributed by atoms with Crippen molar-refractivity contribution >= 4 is 21.8 Å². The van der Waals surface area contributed by atoms with E-state index in [0.29, 0.717) is 24.8 Å². The Balaban J connectivity index is 1.70. The maximum Gasteiger partial charge on any atom is 0.320 e. The molecule has 0 fully saturated rings. The molecule has 26 heavy (non-hydrogen) atoms. The first-order chi connectivity index (χ1) is 12.7. The smallest absolute Gasteiger partial charge is 0.320 e. The van der Waals surface area contributed by atoms with Crippen molar-refractivity contribution in [3.05, 3.63) is 54.2 Å². The molecule has 0 unspecified atom stereocenters. The monoisotopic (exact) mass is 349 g/mol. The lowest BCUT2D eigenvalue weighted by atomic mass is 10.2. The second-order valence-corrected chi connectivity index (χ2v) is 5.97. The highest BCUT2D eigenvalue weighted by Crippen LogP contribution is 2.30. The second kappa shape index (κ2) is 7.01. The Bertz CT molecular complexity index is 1060. The molecule has 132 valence electrons. The van der Waals surface area contributed by atoms with Gasteiger partial charge in [0.1, 0.15) is 12.4 Å². The van der Waals surface area contributed by atoms with Gasteiger partial charge in [0.15, 0.2) is 0 Å². The average molecular weight is 349 g/mol. The number of fused-ring (bicyclic) bond motifs is 2. The number of H-pyrrole nitrogens is 1. The zero-order valence-corrected chi connectivity index (χ0v) is 14.7. The minimum atomic E-state index is 0.273. The number of aromatic amines is 1. The predicted molar refractivity (Wildman–Crippen MR) is 100 cm³/mol. The van der Waals surface area contributed by atoms with Gasteiger partial charge in [-0.1, -0.05) is 12.1 Å². The third kappa shape index (κ3) is 3.32. The van der Waals surface area contributed by atoms with Crippen molar-refractivity contribution in [2.24, 2.45) is 0 Å². The lowest BCUT2D eigenvalue weighted by Crippen LogP contribution is -2.07. The van der Waals surface area contributed by atoms with E-state index in [1.54, 1.807) is 7.11 Å². The van der Waals surface area contributed by atoms with Crippen molar-refractivity contribution in [1.82, 2.24) is 15.0 Å². The molecule has 6 nitrogen and oxygen atoms in total. The molecule has 0 atom stereocenters. The number of methoxy groups -OCH3 is 1. The highest BCUT2D eigenvalue weighted by atomic mass is 16.5. The van der Waals surface area contributed by atoms with E-state index >= 15 is 0 Å². The number of hydrogen-bond donors (Lipinski definition) is 1. The summed E-state index contributed by atoms with van der Waals surface area (Å²) in [5, 5.41) is 1.92. The number of hydrogen-bond acceptors (Lipinski definition) is 5. The number of aryl methyl sites for hydroxylation is 1. The molecule has 0 aliphatic heterocycles. The highest BCUT2D eigenvalue weighted by molar-refractivity contribution is 5.85. The fraction of sp³-hybridized carbons (Fsp3) is 0.200. The standard InChI is InChI=1S/C20H19N3O3/c1-13-11-14-12-15(7-8-17(14)21-13)26-19-16-5-3-4-6-18(16)22-20(23-19)25-10-9-24-2/h3-8,11-12,21H,9-10H2,1-2H3. The molecular weight excluding hydrogens is 330 g/mol. The topological polar surface area (TPSA) is 69.3 Å². The minimum absolute atomic E-state index is 0.273. The van der Waals surface area contributed by atoms with Crippen LogP contribution >= 0.6 is 0 Å². The number of ether oxygens (including phenoxy) is 3. The Morgan fingerprint density at radius 2 is 1.88 bits per heavy atom. The van der Waals surface area contributed by atoms with Crippen molar-refractivity contribution in [3.8, 4) is 17.6 Å². The summed E-state index contributed by atoms with van der Waals surface area (Å²) in [5.74, 6) is 1.18. The van der Waals surface area contributed by atoms with Crippen LogP contribution < -0.4 is 9.47 Å². The Hall–Kier alpha value is -3.12. The van der Waals surface area contributed by atoms with Gasteiger partial charge in [0.05, 0.1) is 17.5 Å². The van der Waals surface area contributed by atoms with Crippen molar-refractivity contribution in [2.75, 3.05) is 20.3 Å². The summed E-state index contributed by atoms with van der Waals surface area (Å²) >= 11 is 0. The molecule has 0 bridgehead atoms. The third-order valence-electron chi connectivity index (χ3n) is 4.01. The van der Waals surface area contributed by atoms with E-state index in [-0.39, 0.29) is 6.01 Å². The Morgan fingerprint density at radius 3 is 2.77 bits per heavy atom. The van der Waals surface area contributed by atoms with Gasteiger partial charge in [0.25, 0.3) is 0 Å². The first-order valence-electron chi connectivity index (χ1n) is 8.39. The SMILES string of the molecule is COCCOc1nc(Oc2ccc3[nH]c(C)cc3c2)c2ccccc2n1. The molecule has 0 aliphatic rings.